The molecule has 4 heteroatoms. The lowest BCUT2D eigenvalue weighted by Crippen LogP contribution is -2.15. The minimum atomic E-state index is 0.133. The number of benzene rings is 7. The lowest BCUT2D eigenvalue weighted by Gasteiger charge is -2.13. The van der Waals surface area contributed by atoms with Gasteiger partial charge in [0.1, 0.15) is 17.0 Å². The topological polar surface area (TPSA) is 75.4 Å². The van der Waals surface area contributed by atoms with E-state index in [0.717, 1.165) is 27.9 Å². The quantitative estimate of drug-likeness (QED) is 0.141. The first-order chi connectivity index (χ1) is 19.7. The van der Waals surface area contributed by atoms with Crippen LogP contribution in [-0.4, -0.2) is 11.7 Å². The SMILES string of the molecule is N=C(N=C(N)c1ccccc1)c1cccc(-c2ccc3ccc4c5cccc6oc7cccc(c4c3c2)c7c65)c1. The van der Waals surface area contributed by atoms with Crippen LogP contribution in [-0.2, 0) is 0 Å². The van der Waals surface area contributed by atoms with Crippen LogP contribution in [0.3, 0.4) is 0 Å². The van der Waals surface area contributed by atoms with Crippen LogP contribution in [0.1, 0.15) is 11.1 Å². The van der Waals surface area contributed by atoms with Crippen molar-refractivity contribution in [1.82, 2.24) is 0 Å². The highest BCUT2D eigenvalue weighted by Gasteiger charge is 2.18. The zero-order valence-electron chi connectivity index (χ0n) is 21.5. The van der Waals surface area contributed by atoms with E-state index in [1.165, 1.54) is 43.1 Å². The largest absolute Gasteiger partial charge is 0.456 e. The minimum Gasteiger partial charge on any atom is -0.456 e. The third-order valence-corrected chi connectivity index (χ3v) is 7.87. The number of furan rings is 1. The van der Waals surface area contributed by atoms with Gasteiger partial charge in [0.05, 0.1) is 0 Å². The summed E-state index contributed by atoms with van der Waals surface area (Å²) in [5, 5.41) is 18.2. The van der Waals surface area contributed by atoms with E-state index >= 15 is 0 Å². The maximum Gasteiger partial charge on any atom is 0.154 e. The van der Waals surface area contributed by atoms with Gasteiger partial charge in [-0.25, -0.2) is 4.99 Å². The van der Waals surface area contributed by atoms with Crippen molar-refractivity contribution < 1.29 is 4.42 Å². The van der Waals surface area contributed by atoms with Crippen LogP contribution in [0.25, 0.3) is 65.4 Å². The summed E-state index contributed by atoms with van der Waals surface area (Å²) in [4.78, 5) is 4.39. The zero-order valence-corrected chi connectivity index (χ0v) is 21.5. The first-order valence-corrected chi connectivity index (χ1v) is 13.3. The van der Waals surface area contributed by atoms with Crippen molar-refractivity contribution in [2.24, 2.45) is 10.7 Å². The fraction of sp³-hybridized carbons (Fsp3) is 0. The van der Waals surface area contributed by atoms with E-state index < -0.39 is 0 Å². The van der Waals surface area contributed by atoms with Gasteiger partial charge in [-0.2, -0.15) is 0 Å². The van der Waals surface area contributed by atoms with Crippen LogP contribution in [0.4, 0.5) is 0 Å². The summed E-state index contributed by atoms with van der Waals surface area (Å²) in [5.74, 6) is 0.463. The van der Waals surface area contributed by atoms with Crippen LogP contribution in [0.15, 0.2) is 131 Å². The van der Waals surface area contributed by atoms with Crippen LogP contribution in [0.5, 0.6) is 0 Å². The van der Waals surface area contributed by atoms with Gasteiger partial charge in [-0.3, -0.25) is 5.41 Å². The molecule has 0 spiro atoms. The van der Waals surface area contributed by atoms with Crippen molar-refractivity contribution in [2.45, 2.75) is 0 Å². The molecule has 7 aromatic carbocycles. The summed E-state index contributed by atoms with van der Waals surface area (Å²) in [5.41, 5.74) is 11.7. The molecular weight excluding hydrogens is 490 g/mol. The van der Waals surface area contributed by atoms with E-state index in [1.807, 2.05) is 48.5 Å². The fourth-order valence-electron chi connectivity index (χ4n) is 6.02. The second-order valence-electron chi connectivity index (χ2n) is 10.2. The maximum atomic E-state index is 8.62. The van der Waals surface area contributed by atoms with Gasteiger partial charge in [0.25, 0.3) is 0 Å². The molecular formula is C36H23N3O. The second kappa shape index (κ2) is 8.52. The molecule has 0 atom stereocenters. The van der Waals surface area contributed by atoms with E-state index in [1.54, 1.807) is 0 Å². The lowest BCUT2D eigenvalue weighted by molar-refractivity contribution is 0.669. The number of fused-ring (bicyclic) bond motifs is 5. The van der Waals surface area contributed by atoms with Gasteiger partial charge in [-0.05, 0) is 67.7 Å². The molecule has 188 valence electrons. The Bertz CT molecular complexity index is 2290. The Morgan fingerprint density at radius 1 is 0.550 bits per heavy atom. The average molecular weight is 514 g/mol. The molecule has 0 aliphatic rings. The molecule has 8 aromatic rings. The van der Waals surface area contributed by atoms with Crippen molar-refractivity contribution in [3.05, 3.63) is 132 Å². The van der Waals surface area contributed by atoms with Gasteiger partial charge < -0.3 is 10.2 Å². The predicted octanol–water partition coefficient (Wildman–Crippen LogP) is 8.88. The summed E-state index contributed by atoms with van der Waals surface area (Å²) < 4.78 is 6.24. The molecule has 40 heavy (non-hydrogen) atoms. The van der Waals surface area contributed by atoms with Crippen LogP contribution in [0.2, 0.25) is 0 Å². The molecule has 0 aliphatic heterocycles. The molecule has 1 aromatic heterocycles. The van der Waals surface area contributed by atoms with E-state index in [2.05, 4.69) is 77.8 Å². The molecule has 0 bridgehead atoms. The highest BCUT2D eigenvalue weighted by atomic mass is 16.3. The van der Waals surface area contributed by atoms with Crippen molar-refractivity contribution in [3.63, 3.8) is 0 Å². The highest BCUT2D eigenvalue weighted by molar-refractivity contribution is 6.36. The molecule has 3 N–H and O–H groups in total. The third-order valence-electron chi connectivity index (χ3n) is 7.87. The molecule has 0 saturated carbocycles. The Kier molecular flexibility index (Phi) is 4.79. The monoisotopic (exact) mass is 513 g/mol. The van der Waals surface area contributed by atoms with Gasteiger partial charge in [0.15, 0.2) is 5.84 Å². The van der Waals surface area contributed by atoms with Crippen LogP contribution >= 0.6 is 0 Å². The number of nitrogens with two attached hydrogens (primary N) is 1. The molecule has 0 radical (unpaired) electrons. The fourth-order valence-corrected chi connectivity index (χ4v) is 6.02. The number of nitrogens with zero attached hydrogens (tertiary/aromatic N) is 1. The average Bonchev–Trinajstić information content (AvgIpc) is 3.40. The summed E-state index contributed by atoms with van der Waals surface area (Å²) in [6, 6.07) is 41.2. The summed E-state index contributed by atoms with van der Waals surface area (Å²) in [6.45, 7) is 0. The molecule has 4 nitrogen and oxygen atoms in total. The normalized spacial score (nSPS) is 12.3. The van der Waals surface area contributed by atoms with E-state index in [4.69, 9.17) is 15.6 Å². The van der Waals surface area contributed by atoms with Gasteiger partial charge in [-0.15, -0.1) is 0 Å². The van der Waals surface area contributed by atoms with Gasteiger partial charge in [0.2, 0.25) is 0 Å². The lowest BCUT2D eigenvalue weighted by atomic mass is 9.90. The number of hydrogen-bond donors (Lipinski definition) is 2. The van der Waals surface area contributed by atoms with Crippen LogP contribution < -0.4 is 5.73 Å². The van der Waals surface area contributed by atoms with Gasteiger partial charge in [-0.1, -0.05) is 97.1 Å². The maximum absolute atomic E-state index is 8.62. The Balaban J connectivity index is 1.31. The minimum absolute atomic E-state index is 0.133. The standard InChI is InChI=1S/C36H23N3O/c37-35(22-7-2-1-3-8-22)39-36(38)25-10-4-9-23(19-25)24-16-15-21-17-18-27-26-11-5-13-30-33(26)34-28(32(27)29(21)20-24)12-6-14-31(34)40-30/h1-20H,(H3,37,38,39). The first-order valence-electron chi connectivity index (χ1n) is 13.3. The molecule has 0 amide bonds. The summed E-state index contributed by atoms with van der Waals surface area (Å²) in [6.07, 6.45) is 0. The Labute approximate surface area is 229 Å². The van der Waals surface area contributed by atoms with Crippen LogP contribution in [0, 0.1) is 5.41 Å². The zero-order chi connectivity index (χ0) is 26.8. The molecule has 0 unspecified atom stereocenters. The molecule has 0 fully saturated rings. The molecule has 0 saturated heterocycles. The summed E-state index contributed by atoms with van der Waals surface area (Å²) in [7, 11) is 0. The van der Waals surface area contributed by atoms with E-state index in [9.17, 15) is 0 Å². The second-order valence-corrected chi connectivity index (χ2v) is 10.2. The van der Waals surface area contributed by atoms with E-state index in [-0.39, 0.29) is 5.84 Å². The number of hydrogen-bond acceptors (Lipinski definition) is 2. The molecule has 8 rings (SSSR count). The first kappa shape index (κ1) is 22.5. The van der Waals surface area contributed by atoms with Crippen molar-refractivity contribution in [2.75, 3.05) is 0 Å². The number of nitrogens with one attached hydrogen (secondary N) is 1. The highest BCUT2D eigenvalue weighted by Crippen LogP contribution is 2.44. The Hall–Kier alpha value is -5.48. The van der Waals surface area contributed by atoms with Gasteiger partial charge in [0, 0.05) is 21.9 Å². The number of rotatable bonds is 3. The molecule has 1 heterocycles. The predicted molar refractivity (Wildman–Crippen MR) is 167 cm³/mol. The van der Waals surface area contributed by atoms with Crippen molar-refractivity contribution in [1.29, 1.82) is 5.41 Å². The van der Waals surface area contributed by atoms with Gasteiger partial charge >= 0.3 is 0 Å². The third kappa shape index (κ3) is 3.33. The smallest absolute Gasteiger partial charge is 0.154 e. The Morgan fingerprint density at radius 3 is 2.02 bits per heavy atom. The summed E-state index contributed by atoms with van der Waals surface area (Å²) >= 11 is 0. The van der Waals surface area contributed by atoms with Crippen molar-refractivity contribution in [3.8, 4) is 11.1 Å². The molecule has 0 aliphatic carbocycles. The Morgan fingerprint density at radius 2 is 1.20 bits per heavy atom. The van der Waals surface area contributed by atoms with E-state index in [0.29, 0.717) is 11.4 Å². The number of aliphatic imine (C=N–C) groups is 1. The number of amidine groups is 2. The van der Waals surface area contributed by atoms with Crippen molar-refractivity contribution >= 4 is 65.9 Å².